The van der Waals surface area contributed by atoms with Crippen LogP contribution in [0.5, 0.6) is 11.5 Å². The number of benzene rings is 2. The lowest BCUT2D eigenvalue weighted by atomic mass is 10.2. The molecule has 1 heterocycles. The molecular weight excluding hydrogens is 308 g/mol. The van der Waals surface area contributed by atoms with E-state index in [2.05, 4.69) is 10.2 Å². The van der Waals surface area contributed by atoms with E-state index in [0.717, 1.165) is 0 Å². The third-order valence-electron chi connectivity index (χ3n) is 2.93. The lowest BCUT2D eigenvalue weighted by molar-refractivity contribution is 0.464. The van der Waals surface area contributed by atoms with Crippen molar-refractivity contribution in [2.45, 2.75) is 0 Å². The van der Waals surface area contributed by atoms with Crippen LogP contribution in [0.2, 0.25) is 5.02 Å². The normalized spacial score (nSPS) is 11.3. The van der Waals surface area contributed by atoms with Crippen LogP contribution < -0.4 is 5.63 Å². The molecule has 3 aromatic rings. The third-order valence-corrected chi connectivity index (χ3v) is 3.18. The van der Waals surface area contributed by atoms with Gasteiger partial charge in [0.15, 0.2) is 5.75 Å². The van der Waals surface area contributed by atoms with Gasteiger partial charge in [-0.15, -0.1) is 5.11 Å². The number of fused-ring (bicyclic) bond motifs is 1. The fourth-order valence-electron chi connectivity index (χ4n) is 1.87. The minimum atomic E-state index is -0.853. The quantitative estimate of drug-likeness (QED) is 0.545. The maximum absolute atomic E-state index is 11.9. The van der Waals surface area contributed by atoms with E-state index in [0.29, 0.717) is 10.7 Å². The largest absolute Gasteiger partial charge is 0.508 e. The molecule has 0 aliphatic heterocycles. The van der Waals surface area contributed by atoms with Gasteiger partial charge in [-0.2, -0.15) is 5.11 Å². The van der Waals surface area contributed by atoms with Crippen LogP contribution in [0.15, 0.2) is 61.9 Å². The molecule has 0 unspecified atom stereocenters. The van der Waals surface area contributed by atoms with Crippen molar-refractivity contribution in [1.29, 1.82) is 0 Å². The molecule has 2 N–H and O–H groups in total. The Morgan fingerprint density at radius 3 is 2.45 bits per heavy atom. The summed E-state index contributed by atoms with van der Waals surface area (Å²) < 4.78 is 5.01. The first-order chi connectivity index (χ1) is 10.5. The summed E-state index contributed by atoms with van der Waals surface area (Å²) in [6, 6.07) is 10.5. The number of nitrogens with zero attached hydrogens (tertiary/aromatic N) is 2. The van der Waals surface area contributed by atoms with Crippen LogP contribution in [-0.4, -0.2) is 10.2 Å². The van der Waals surface area contributed by atoms with E-state index in [-0.39, 0.29) is 28.2 Å². The summed E-state index contributed by atoms with van der Waals surface area (Å²) in [6.07, 6.45) is 0. The van der Waals surface area contributed by atoms with Gasteiger partial charge in [0.25, 0.3) is 0 Å². The second kappa shape index (κ2) is 5.50. The number of phenolic OH excluding ortho intramolecular Hbond substituents is 1. The number of phenols is 1. The fourth-order valence-corrected chi connectivity index (χ4v) is 1.99. The molecule has 3 rings (SSSR count). The van der Waals surface area contributed by atoms with Gasteiger partial charge in [0.2, 0.25) is 5.69 Å². The first-order valence-corrected chi connectivity index (χ1v) is 6.58. The van der Waals surface area contributed by atoms with Gasteiger partial charge in [-0.05, 0) is 36.4 Å². The SMILES string of the molecule is O=c1oc2cc(O)ccc2c(O)c1N=Nc1ccc(Cl)cc1. The van der Waals surface area contributed by atoms with Gasteiger partial charge in [0.1, 0.15) is 11.3 Å². The molecule has 22 heavy (non-hydrogen) atoms. The van der Waals surface area contributed by atoms with Crippen LogP contribution in [-0.2, 0) is 0 Å². The monoisotopic (exact) mass is 316 g/mol. The van der Waals surface area contributed by atoms with E-state index >= 15 is 0 Å². The number of aromatic hydroxyl groups is 2. The summed E-state index contributed by atoms with van der Waals surface area (Å²) >= 11 is 5.76. The Morgan fingerprint density at radius 1 is 1.00 bits per heavy atom. The average molecular weight is 317 g/mol. The van der Waals surface area contributed by atoms with Crippen LogP contribution in [0.1, 0.15) is 0 Å². The highest BCUT2D eigenvalue weighted by molar-refractivity contribution is 6.30. The minimum Gasteiger partial charge on any atom is -0.508 e. The van der Waals surface area contributed by atoms with Crippen molar-refractivity contribution in [2.75, 3.05) is 0 Å². The molecule has 0 bridgehead atoms. The van der Waals surface area contributed by atoms with Crippen LogP contribution in [0.25, 0.3) is 11.0 Å². The Kier molecular flexibility index (Phi) is 3.52. The van der Waals surface area contributed by atoms with Crippen molar-refractivity contribution >= 4 is 33.9 Å². The lowest BCUT2D eigenvalue weighted by Crippen LogP contribution is -1.98. The summed E-state index contributed by atoms with van der Waals surface area (Å²) in [6.45, 7) is 0. The van der Waals surface area contributed by atoms with Crippen molar-refractivity contribution in [3.63, 3.8) is 0 Å². The maximum atomic E-state index is 11.9. The number of hydrogen-bond acceptors (Lipinski definition) is 6. The molecule has 0 radical (unpaired) electrons. The second-order valence-electron chi connectivity index (χ2n) is 4.44. The van der Waals surface area contributed by atoms with Gasteiger partial charge < -0.3 is 14.6 Å². The maximum Gasteiger partial charge on any atom is 0.368 e. The van der Waals surface area contributed by atoms with Gasteiger partial charge in [-0.1, -0.05) is 11.6 Å². The fraction of sp³-hybridized carbons (Fsp3) is 0. The van der Waals surface area contributed by atoms with Crippen LogP contribution >= 0.6 is 11.6 Å². The zero-order valence-electron chi connectivity index (χ0n) is 11.0. The predicted molar refractivity (Wildman–Crippen MR) is 81.4 cm³/mol. The number of halogens is 1. The highest BCUT2D eigenvalue weighted by Gasteiger charge is 2.14. The second-order valence-corrected chi connectivity index (χ2v) is 4.88. The standard InChI is InChI=1S/C15H9ClN2O4/c16-8-1-3-9(4-2-8)17-18-13-14(20)11-6-5-10(19)7-12(11)22-15(13)21/h1-7,19-20H. The molecule has 1 aromatic heterocycles. The third kappa shape index (κ3) is 2.64. The Hall–Kier alpha value is -2.86. The molecule has 0 aliphatic rings. The van der Waals surface area contributed by atoms with E-state index in [4.69, 9.17) is 16.0 Å². The Balaban J connectivity index is 2.09. The lowest BCUT2D eigenvalue weighted by Gasteiger charge is -2.02. The molecule has 0 atom stereocenters. The zero-order chi connectivity index (χ0) is 15.7. The summed E-state index contributed by atoms with van der Waals surface area (Å²) in [5.41, 5.74) is -0.636. The molecule has 110 valence electrons. The molecule has 0 saturated heterocycles. The van der Waals surface area contributed by atoms with Crippen molar-refractivity contribution in [2.24, 2.45) is 10.2 Å². The number of hydrogen-bond donors (Lipinski definition) is 2. The van der Waals surface area contributed by atoms with Crippen LogP contribution in [0, 0.1) is 0 Å². The van der Waals surface area contributed by atoms with E-state index in [1.165, 1.54) is 18.2 Å². The summed E-state index contributed by atoms with van der Waals surface area (Å²) in [5.74, 6) is -0.436. The summed E-state index contributed by atoms with van der Waals surface area (Å²) in [5, 5.41) is 27.9. The van der Waals surface area contributed by atoms with E-state index in [1.54, 1.807) is 24.3 Å². The molecule has 0 fully saturated rings. The van der Waals surface area contributed by atoms with Crippen LogP contribution in [0.3, 0.4) is 0 Å². The van der Waals surface area contributed by atoms with Crippen LogP contribution in [0.4, 0.5) is 11.4 Å². The van der Waals surface area contributed by atoms with Crippen molar-refractivity contribution in [1.82, 2.24) is 0 Å². The van der Waals surface area contributed by atoms with Gasteiger partial charge in [-0.3, -0.25) is 0 Å². The first kappa shape index (κ1) is 14.1. The predicted octanol–water partition coefficient (Wildman–Crippen LogP) is 4.27. The number of azo groups is 1. The van der Waals surface area contributed by atoms with E-state index < -0.39 is 5.63 Å². The van der Waals surface area contributed by atoms with E-state index in [1.807, 2.05) is 0 Å². The molecule has 0 amide bonds. The molecule has 7 heteroatoms. The molecular formula is C15H9ClN2O4. The molecule has 0 aliphatic carbocycles. The zero-order valence-corrected chi connectivity index (χ0v) is 11.8. The highest BCUT2D eigenvalue weighted by atomic mass is 35.5. The van der Waals surface area contributed by atoms with Crippen molar-refractivity contribution < 1.29 is 14.6 Å². The summed E-state index contributed by atoms with van der Waals surface area (Å²) in [7, 11) is 0. The molecule has 0 spiro atoms. The molecule has 2 aromatic carbocycles. The average Bonchev–Trinajstić information content (AvgIpc) is 2.48. The minimum absolute atomic E-state index is 0.0629. The number of rotatable bonds is 2. The Morgan fingerprint density at radius 2 is 1.73 bits per heavy atom. The topological polar surface area (TPSA) is 95.4 Å². The van der Waals surface area contributed by atoms with Crippen molar-refractivity contribution in [3.05, 3.63) is 57.9 Å². The van der Waals surface area contributed by atoms with Crippen molar-refractivity contribution in [3.8, 4) is 11.5 Å². The van der Waals surface area contributed by atoms with Gasteiger partial charge in [0.05, 0.1) is 11.1 Å². The molecule has 0 saturated carbocycles. The van der Waals surface area contributed by atoms with Gasteiger partial charge in [-0.25, -0.2) is 4.79 Å². The van der Waals surface area contributed by atoms with E-state index in [9.17, 15) is 15.0 Å². The Labute approximate surface area is 128 Å². The van der Waals surface area contributed by atoms with Gasteiger partial charge in [0, 0.05) is 11.1 Å². The first-order valence-electron chi connectivity index (χ1n) is 6.21. The smallest absolute Gasteiger partial charge is 0.368 e. The highest BCUT2D eigenvalue weighted by Crippen LogP contribution is 2.33. The Bertz CT molecular complexity index is 933. The molecule has 6 nitrogen and oxygen atoms in total. The van der Waals surface area contributed by atoms with Gasteiger partial charge >= 0.3 is 5.63 Å². The summed E-state index contributed by atoms with van der Waals surface area (Å²) in [4.78, 5) is 11.9.